The van der Waals surface area contributed by atoms with Gasteiger partial charge in [0.15, 0.2) is 0 Å². The van der Waals surface area contributed by atoms with Crippen molar-refractivity contribution in [3.63, 3.8) is 0 Å². The van der Waals surface area contributed by atoms with E-state index in [4.69, 9.17) is 9.84 Å². The van der Waals surface area contributed by atoms with Crippen LogP contribution < -0.4 is 4.74 Å². The Bertz CT molecular complexity index is 835. The number of hydrogen-bond donors (Lipinski definition) is 1. The molecule has 0 aliphatic heterocycles. The van der Waals surface area contributed by atoms with Crippen molar-refractivity contribution in [2.75, 3.05) is 19.7 Å². The second kappa shape index (κ2) is 8.88. The highest BCUT2D eigenvalue weighted by Gasteiger charge is 2.25. The molecule has 0 radical (unpaired) electrons. The zero-order valence-electron chi connectivity index (χ0n) is 14.3. The lowest BCUT2D eigenvalue weighted by Crippen LogP contribution is -2.36. The minimum atomic E-state index is -3.87. The fourth-order valence-corrected chi connectivity index (χ4v) is 3.75. The number of carbonyl (C=O) groups excluding carboxylic acids is 1. The number of halogens is 1. The molecule has 0 saturated carbocycles. The van der Waals surface area contributed by atoms with Gasteiger partial charge in [-0.15, -0.1) is 0 Å². The summed E-state index contributed by atoms with van der Waals surface area (Å²) in [5.74, 6) is 0.141. The van der Waals surface area contributed by atoms with Gasteiger partial charge in [0.05, 0.1) is 11.4 Å². The number of Topliss-reactive ketones (excluding diaryl/α,β-unsaturated/α-hetero) is 1. The first-order valence-corrected chi connectivity index (χ1v) is 9.41. The summed E-state index contributed by atoms with van der Waals surface area (Å²) in [5.41, 5.74) is 0. The summed E-state index contributed by atoms with van der Waals surface area (Å²) in [6, 6.07) is 11.2. The van der Waals surface area contributed by atoms with E-state index < -0.39 is 10.0 Å². The number of rotatable bonds is 9. The normalized spacial score (nSPS) is 11.5. The molecule has 1 N–H and O–H groups in total. The predicted octanol–water partition coefficient (Wildman–Crippen LogP) is 2.58. The molecule has 0 bridgehead atoms. The SMILES string of the molecule is CC(=O)CN(CCCO)S(=O)(=O)c1ccc(Oc2ccc(F)cc2)cc1. The summed E-state index contributed by atoms with van der Waals surface area (Å²) in [6.07, 6.45) is 0.234. The van der Waals surface area contributed by atoms with Crippen LogP contribution in [0.2, 0.25) is 0 Å². The zero-order valence-corrected chi connectivity index (χ0v) is 15.1. The molecule has 0 spiro atoms. The molecule has 0 aliphatic carbocycles. The molecule has 6 nitrogen and oxygen atoms in total. The molecule has 0 aromatic heterocycles. The first-order chi connectivity index (χ1) is 12.3. The Labute approximate surface area is 151 Å². The van der Waals surface area contributed by atoms with Crippen molar-refractivity contribution in [1.82, 2.24) is 4.31 Å². The van der Waals surface area contributed by atoms with E-state index in [2.05, 4.69) is 0 Å². The van der Waals surface area contributed by atoms with Gasteiger partial charge < -0.3 is 9.84 Å². The van der Waals surface area contributed by atoms with Crippen LogP contribution in [0.1, 0.15) is 13.3 Å². The summed E-state index contributed by atoms with van der Waals surface area (Å²) >= 11 is 0. The Balaban J connectivity index is 2.18. The van der Waals surface area contributed by atoms with Crippen LogP contribution >= 0.6 is 0 Å². The number of carbonyl (C=O) groups is 1. The number of ketones is 1. The number of ether oxygens (including phenoxy) is 1. The minimum Gasteiger partial charge on any atom is -0.457 e. The molecule has 0 heterocycles. The van der Waals surface area contributed by atoms with Gasteiger partial charge >= 0.3 is 0 Å². The number of aliphatic hydroxyl groups excluding tert-OH is 1. The van der Waals surface area contributed by atoms with Gasteiger partial charge in [-0.25, -0.2) is 12.8 Å². The smallest absolute Gasteiger partial charge is 0.243 e. The summed E-state index contributed by atoms with van der Waals surface area (Å²) in [7, 11) is -3.87. The van der Waals surface area contributed by atoms with Crippen LogP contribution in [0.25, 0.3) is 0 Å². The van der Waals surface area contributed by atoms with Gasteiger partial charge in [0, 0.05) is 13.2 Å². The van der Waals surface area contributed by atoms with E-state index in [1.807, 2.05) is 0 Å². The van der Waals surface area contributed by atoms with Gasteiger partial charge in [-0.05, 0) is 61.9 Å². The molecule has 0 atom stereocenters. The molecule has 0 unspecified atom stereocenters. The molecular weight excluding hydrogens is 361 g/mol. The lowest BCUT2D eigenvalue weighted by Gasteiger charge is -2.20. The third kappa shape index (κ3) is 5.35. The molecule has 140 valence electrons. The lowest BCUT2D eigenvalue weighted by molar-refractivity contribution is -0.117. The standard InChI is InChI=1S/C18H20FNO5S/c1-14(22)13-20(11-2-12-21)26(23,24)18-9-7-17(8-10-18)25-16-5-3-15(19)4-6-16/h3-10,21H,2,11-13H2,1H3. The highest BCUT2D eigenvalue weighted by molar-refractivity contribution is 7.89. The van der Waals surface area contributed by atoms with Crippen LogP contribution in [0, 0.1) is 5.82 Å². The maximum atomic E-state index is 12.9. The number of nitrogens with zero attached hydrogens (tertiary/aromatic N) is 1. The Morgan fingerprint density at radius 1 is 1.08 bits per heavy atom. The van der Waals surface area contributed by atoms with Crippen molar-refractivity contribution in [2.24, 2.45) is 0 Å². The monoisotopic (exact) mass is 381 g/mol. The van der Waals surface area contributed by atoms with Crippen molar-refractivity contribution < 1.29 is 27.4 Å². The first kappa shape index (κ1) is 20.0. The molecule has 0 amide bonds. The van der Waals surface area contributed by atoms with Gasteiger partial charge in [-0.3, -0.25) is 4.79 Å². The molecule has 0 saturated heterocycles. The van der Waals surface area contributed by atoms with Crippen molar-refractivity contribution in [1.29, 1.82) is 0 Å². The molecule has 2 aromatic carbocycles. The zero-order chi connectivity index (χ0) is 19.2. The van der Waals surface area contributed by atoms with E-state index in [9.17, 15) is 17.6 Å². The average molecular weight is 381 g/mol. The molecule has 2 rings (SSSR count). The number of aliphatic hydroxyl groups is 1. The summed E-state index contributed by atoms with van der Waals surface area (Å²) in [5, 5.41) is 8.93. The van der Waals surface area contributed by atoms with Crippen LogP contribution in [0.4, 0.5) is 4.39 Å². The van der Waals surface area contributed by atoms with Crippen LogP contribution in [0.5, 0.6) is 11.5 Å². The highest BCUT2D eigenvalue weighted by atomic mass is 32.2. The van der Waals surface area contributed by atoms with Crippen LogP contribution in [-0.2, 0) is 14.8 Å². The third-order valence-electron chi connectivity index (χ3n) is 3.48. The Morgan fingerprint density at radius 3 is 2.12 bits per heavy atom. The first-order valence-electron chi connectivity index (χ1n) is 7.97. The van der Waals surface area contributed by atoms with Crippen molar-refractivity contribution in [3.8, 4) is 11.5 Å². The Morgan fingerprint density at radius 2 is 1.62 bits per heavy atom. The van der Waals surface area contributed by atoms with E-state index in [-0.39, 0.29) is 42.6 Å². The molecule has 0 fully saturated rings. The van der Waals surface area contributed by atoms with E-state index >= 15 is 0 Å². The van der Waals surface area contributed by atoms with Gasteiger partial charge in [-0.2, -0.15) is 4.31 Å². The number of benzene rings is 2. The summed E-state index contributed by atoms with van der Waals surface area (Å²) in [6.45, 7) is 0.928. The highest BCUT2D eigenvalue weighted by Crippen LogP contribution is 2.24. The van der Waals surface area contributed by atoms with E-state index in [0.29, 0.717) is 11.5 Å². The van der Waals surface area contributed by atoms with Crippen molar-refractivity contribution in [2.45, 2.75) is 18.2 Å². The topological polar surface area (TPSA) is 83.9 Å². The molecule has 2 aromatic rings. The third-order valence-corrected chi connectivity index (χ3v) is 5.33. The Hall–Kier alpha value is -2.29. The summed E-state index contributed by atoms with van der Waals surface area (Å²) < 4.78 is 44.9. The van der Waals surface area contributed by atoms with Gasteiger partial charge in [-0.1, -0.05) is 0 Å². The molecule has 26 heavy (non-hydrogen) atoms. The van der Waals surface area contributed by atoms with Crippen LogP contribution in [0.15, 0.2) is 53.4 Å². The van der Waals surface area contributed by atoms with E-state index in [1.54, 1.807) is 0 Å². The maximum Gasteiger partial charge on any atom is 0.243 e. The molecule has 8 heteroatoms. The van der Waals surface area contributed by atoms with Crippen molar-refractivity contribution >= 4 is 15.8 Å². The van der Waals surface area contributed by atoms with Crippen molar-refractivity contribution in [3.05, 3.63) is 54.3 Å². The fourth-order valence-electron chi connectivity index (χ4n) is 2.25. The van der Waals surface area contributed by atoms with Gasteiger partial charge in [0.2, 0.25) is 10.0 Å². The van der Waals surface area contributed by atoms with Gasteiger partial charge in [0.1, 0.15) is 23.1 Å². The van der Waals surface area contributed by atoms with Crippen LogP contribution in [-0.4, -0.2) is 43.3 Å². The van der Waals surface area contributed by atoms with E-state index in [0.717, 1.165) is 4.31 Å². The van der Waals surface area contributed by atoms with Gasteiger partial charge in [0.25, 0.3) is 0 Å². The quantitative estimate of drug-likeness (QED) is 0.722. The fraction of sp³-hybridized carbons (Fsp3) is 0.278. The second-order valence-electron chi connectivity index (χ2n) is 5.65. The minimum absolute atomic E-state index is 0.0168. The Kier molecular flexibility index (Phi) is 6.84. The van der Waals surface area contributed by atoms with E-state index in [1.165, 1.54) is 55.5 Å². The van der Waals surface area contributed by atoms with Crippen LogP contribution in [0.3, 0.4) is 0 Å². The second-order valence-corrected chi connectivity index (χ2v) is 7.58. The summed E-state index contributed by atoms with van der Waals surface area (Å²) in [4.78, 5) is 11.4. The predicted molar refractivity (Wildman–Crippen MR) is 94.1 cm³/mol. The molecular formula is C18H20FNO5S. The number of sulfonamides is 1. The molecule has 0 aliphatic rings. The number of hydrogen-bond acceptors (Lipinski definition) is 5. The maximum absolute atomic E-state index is 12.9. The average Bonchev–Trinajstić information content (AvgIpc) is 2.60. The lowest BCUT2D eigenvalue weighted by atomic mass is 10.3. The largest absolute Gasteiger partial charge is 0.457 e.